The van der Waals surface area contributed by atoms with Crippen molar-refractivity contribution in [3.63, 3.8) is 0 Å². The molecule has 0 atom stereocenters. The summed E-state index contributed by atoms with van der Waals surface area (Å²) in [5.41, 5.74) is 6.62. The number of anilines is 1. The van der Waals surface area contributed by atoms with E-state index in [1.165, 1.54) is 0 Å². The van der Waals surface area contributed by atoms with Gasteiger partial charge in [-0.1, -0.05) is 30.3 Å². The minimum atomic E-state index is -4.94. The Balaban J connectivity index is 0.000000462. The van der Waals surface area contributed by atoms with Crippen molar-refractivity contribution in [3.05, 3.63) is 66.5 Å². The molecule has 0 radical (unpaired) electrons. The molecule has 1 aromatic heterocycles. The zero-order valence-corrected chi connectivity index (χ0v) is 13.5. The highest BCUT2D eigenvalue weighted by atomic mass is 35.7. The quantitative estimate of drug-likeness (QED) is 0.379. The summed E-state index contributed by atoms with van der Waals surface area (Å²) in [5.74, 6) is 0. The maximum Gasteiger partial charge on any atom is 0.229 e. The molecular weight excluding hydrogens is 352 g/mol. The molecule has 3 aromatic rings. The Labute approximate surface area is 145 Å². The van der Waals surface area contributed by atoms with Gasteiger partial charge in [-0.3, -0.25) is 5.43 Å². The highest BCUT2D eigenvalue weighted by Gasteiger charge is 2.01. The molecule has 0 unspecified atom stereocenters. The molecule has 0 aliphatic carbocycles. The average Bonchev–Trinajstić information content (AvgIpc) is 2.54. The number of para-hydroxylation sites is 3. The van der Waals surface area contributed by atoms with Gasteiger partial charge in [0.15, 0.2) is 6.20 Å². The second-order valence-electron chi connectivity index (χ2n) is 4.46. The fourth-order valence-corrected chi connectivity index (χ4v) is 1.77. The molecule has 0 saturated carbocycles. The predicted molar refractivity (Wildman–Crippen MR) is 79.6 cm³/mol. The van der Waals surface area contributed by atoms with Crippen molar-refractivity contribution in [2.24, 2.45) is 5.10 Å². The molecule has 4 N–H and O–H groups in total. The SMILES string of the molecule is C(=N\Nc1ccccc1)/c1c[nH+]c2ccccc2n1.O.[O-][Cl+3]([O-])([O-])[O-]. The molecule has 3 rings (SSSR count). The Morgan fingerprint density at radius 1 is 0.960 bits per heavy atom. The summed E-state index contributed by atoms with van der Waals surface area (Å²) >= 11 is 0. The highest BCUT2D eigenvalue weighted by Crippen LogP contribution is 2.06. The molecule has 0 amide bonds. The Kier molecular flexibility index (Phi) is 7.82. The number of hydrogen-bond donors (Lipinski definition) is 1. The first kappa shape index (κ1) is 20.4. The van der Waals surface area contributed by atoms with E-state index < -0.39 is 10.2 Å². The van der Waals surface area contributed by atoms with Crippen molar-refractivity contribution in [2.45, 2.75) is 0 Å². The summed E-state index contributed by atoms with van der Waals surface area (Å²) in [7, 11) is -4.94. The molecule has 0 spiro atoms. The molecule has 0 bridgehead atoms. The van der Waals surface area contributed by atoms with Gasteiger partial charge in [0, 0.05) is 6.07 Å². The van der Waals surface area contributed by atoms with Gasteiger partial charge < -0.3 is 5.48 Å². The monoisotopic (exact) mass is 366 g/mol. The second kappa shape index (κ2) is 9.59. The Bertz CT molecular complexity index is 806. The molecule has 0 fully saturated rings. The van der Waals surface area contributed by atoms with Crippen LogP contribution in [-0.2, 0) is 0 Å². The first-order chi connectivity index (χ1) is 11.4. The van der Waals surface area contributed by atoms with E-state index in [1.807, 2.05) is 60.8 Å². The van der Waals surface area contributed by atoms with E-state index in [-0.39, 0.29) is 5.48 Å². The van der Waals surface area contributed by atoms with Gasteiger partial charge in [-0.15, -0.1) is 10.2 Å². The number of H-pyrrole nitrogens is 1. The van der Waals surface area contributed by atoms with Crippen LogP contribution < -0.4 is 29.0 Å². The van der Waals surface area contributed by atoms with Crippen LogP contribution in [0.5, 0.6) is 0 Å². The van der Waals surface area contributed by atoms with Crippen molar-refractivity contribution in [1.82, 2.24) is 4.98 Å². The van der Waals surface area contributed by atoms with Gasteiger partial charge >= 0.3 is 0 Å². The number of hydrazone groups is 1. The zero-order chi connectivity index (χ0) is 17.4. The standard InChI is InChI=1S/C15H12N4.ClHO4.H2O/c1-2-6-12(7-3-1)19-17-11-13-10-16-14-8-4-5-9-15(14)18-13;2-1(3,4)5;/h1-11,19H;(H,2,3,4,5);1H2/b17-11+;;. The first-order valence-electron chi connectivity index (χ1n) is 6.65. The van der Waals surface area contributed by atoms with Crippen molar-refractivity contribution < 1.29 is 39.3 Å². The third-order valence-corrected chi connectivity index (χ3v) is 2.69. The van der Waals surface area contributed by atoms with Crippen LogP contribution in [0.15, 0.2) is 65.9 Å². The summed E-state index contributed by atoms with van der Waals surface area (Å²) in [6.07, 6.45) is 3.52. The number of halogens is 1. The number of aromatic amines is 1. The van der Waals surface area contributed by atoms with Crippen molar-refractivity contribution >= 4 is 22.9 Å². The van der Waals surface area contributed by atoms with E-state index in [4.69, 9.17) is 18.6 Å². The predicted octanol–water partition coefficient (Wildman–Crippen LogP) is -3.09. The van der Waals surface area contributed by atoms with Crippen molar-refractivity contribution in [3.8, 4) is 0 Å². The smallest absolute Gasteiger partial charge is 0.229 e. The maximum absolute atomic E-state index is 8.49. The molecule has 132 valence electrons. The van der Waals surface area contributed by atoms with Crippen LogP contribution in [0.4, 0.5) is 5.69 Å². The largest absolute Gasteiger partial charge is 0.412 e. The lowest BCUT2D eigenvalue weighted by atomic mass is 10.3. The maximum atomic E-state index is 8.49. The number of fused-ring (bicyclic) bond motifs is 1. The number of nitrogens with one attached hydrogen (secondary N) is 2. The molecule has 1 heterocycles. The number of hydrogen-bond acceptors (Lipinski definition) is 7. The van der Waals surface area contributed by atoms with E-state index in [0.717, 1.165) is 22.4 Å². The lowest BCUT2D eigenvalue weighted by Crippen LogP contribution is -2.68. The summed E-state index contributed by atoms with van der Waals surface area (Å²) in [5, 5.41) is 4.16. The molecule has 0 aliphatic rings. The van der Waals surface area contributed by atoms with Crippen LogP contribution in [0.3, 0.4) is 0 Å². The molecule has 25 heavy (non-hydrogen) atoms. The fraction of sp³-hybridized carbons (Fsp3) is 0. The van der Waals surface area contributed by atoms with E-state index in [1.54, 1.807) is 6.21 Å². The molecule has 10 heteroatoms. The molecule has 9 nitrogen and oxygen atoms in total. The summed E-state index contributed by atoms with van der Waals surface area (Å²) in [6, 6.07) is 17.7. The Morgan fingerprint density at radius 2 is 1.56 bits per heavy atom. The number of aromatic nitrogens is 2. The summed E-state index contributed by atoms with van der Waals surface area (Å²) in [4.78, 5) is 7.67. The van der Waals surface area contributed by atoms with Gasteiger partial charge in [0.2, 0.25) is 5.52 Å². The van der Waals surface area contributed by atoms with Crippen molar-refractivity contribution in [2.75, 3.05) is 5.43 Å². The number of rotatable bonds is 3. The van der Waals surface area contributed by atoms with Gasteiger partial charge in [0.05, 0.1) is 11.9 Å². The molecule has 0 saturated heterocycles. The van der Waals surface area contributed by atoms with Gasteiger partial charge in [0.25, 0.3) is 0 Å². The molecule has 0 aliphatic heterocycles. The molecular formula is C15H15ClN4O5. The van der Waals surface area contributed by atoms with Crippen LogP contribution in [0.25, 0.3) is 11.0 Å². The van der Waals surface area contributed by atoms with Gasteiger partial charge in [-0.05, 0) is 18.2 Å². The van der Waals surface area contributed by atoms with E-state index in [2.05, 4.69) is 20.5 Å². The van der Waals surface area contributed by atoms with Gasteiger partial charge in [0.1, 0.15) is 11.2 Å². The summed E-state index contributed by atoms with van der Waals surface area (Å²) < 4.78 is 34.0. The van der Waals surface area contributed by atoms with Crippen molar-refractivity contribution in [1.29, 1.82) is 0 Å². The third kappa shape index (κ3) is 8.13. The van der Waals surface area contributed by atoms with Crippen LogP contribution in [0.2, 0.25) is 0 Å². The fourth-order valence-electron chi connectivity index (χ4n) is 1.77. The van der Waals surface area contributed by atoms with Gasteiger partial charge in [-0.2, -0.15) is 5.10 Å². The highest BCUT2D eigenvalue weighted by molar-refractivity contribution is 5.80. The normalized spacial score (nSPS) is 10.7. The summed E-state index contributed by atoms with van der Waals surface area (Å²) in [6.45, 7) is 0. The average molecular weight is 367 g/mol. The minimum Gasteiger partial charge on any atom is -0.412 e. The van der Waals surface area contributed by atoms with Gasteiger partial charge in [-0.25, -0.2) is 28.6 Å². The molecule has 2 aromatic carbocycles. The first-order valence-corrected chi connectivity index (χ1v) is 7.88. The van der Waals surface area contributed by atoms with E-state index in [0.29, 0.717) is 0 Å². The van der Waals surface area contributed by atoms with Crippen LogP contribution in [0, 0.1) is 10.2 Å². The third-order valence-electron chi connectivity index (χ3n) is 2.69. The topological polar surface area (TPSA) is 175 Å². The minimum absolute atomic E-state index is 0. The van der Waals surface area contributed by atoms with Crippen LogP contribution in [-0.4, -0.2) is 16.7 Å². The second-order valence-corrected chi connectivity index (χ2v) is 5.21. The lowest BCUT2D eigenvalue weighted by Gasteiger charge is -2.17. The van der Waals surface area contributed by atoms with E-state index in [9.17, 15) is 0 Å². The Morgan fingerprint density at radius 3 is 2.24 bits per heavy atom. The number of benzene rings is 2. The zero-order valence-electron chi connectivity index (χ0n) is 12.8. The lowest BCUT2D eigenvalue weighted by molar-refractivity contribution is -2.00. The van der Waals surface area contributed by atoms with Crippen LogP contribution in [0.1, 0.15) is 5.69 Å². The van der Waals surface area contributed by atoms with Crippen LogP contribution >= 0.6 is 0 Å². The number of nitrogens with zero attached hydrogens (tertiary/aromatic N) is 2. The Hall–Kier alpha value is -2.66. The van der Waals surface area contributed by atoms with E-state index >= 15 is 0 Å².